The van der Waals surface area contributed by atoms with Gasteiger partial charge in [0.05, 0.1) is 6.61 Å². The summed E-state index contributed by atoms with van der Waals surface area (Å²) in [4.78, 5) is 0. The molecule has 0 atom stereocenters. The number of benzene rings is 2. The molecule has 2 rings (SSSR count). The van der Waals surface area contributed by atoms with E-state index in [-0.39, 0.29) is 6.61 Å². The second kappa shape index (κ2) is 3.19. The molecule has 0 saturated carbocycles. The molecule has 0 fully saturated rings. The fourth-order valence-electron chi connectivity index (χ4n) is 1.57. The van der Waals surface area contributed by atoms with Crippen molar-refractivity contribution in [2.75, 3.05) is 0 Å². The first-order valence-corrected chi connectivity index (χ1v) is 4.40. The van der Waals surface area contributed by atoms with Gasteiger partial charge in [-0.15, -0.1) is 0 Å². The van der Waals surface area contributed by atoms with Crippen LogP contribution >= 0.6 is 0 Å². The topological polar surface area (TPSA) is 20.2 Å². The fourth-order valence-corrected chi connectivity index (χ4v) is 1.57. The third-order valence-electron chi connectivity index (χ3n) is 2.35. The second-order valence-corrected chi connectivity index (χ2v) is 3.29. The molecule has 0 heterocycles. The van der Waals surface area contributed by atoms with E-state index in [9.17, 15) is 0 Å². The van der Waals surface area contributed by atoms with Gasteiger partial charge in [0.2, 0.25) is 0 Å². The highest BCUT2D eigenvalue weighted by molar-refractivity contribution is 5.86. The smallest absolute Gasteiger partial charge is 0.0682 e. The zero-order valence-corrected chi connectivity index (χ0v) is 7.62. The molecule has 0 aliphatic carbocycles. The lowest BCUT2D eigenvalue weighted by Gasteiger charge is -2.03. The Morgan fingerprint density at radius 2 is 2.00 bits per heavy atom. The van der Waals surface area contributed by atoms with Crippen LogP contribution in [0.5, 0.6) is 0 Å². The van der Waals surface area contributed by atoms with Crippen molar-refractivity contribution in [1.29, 1.82) is 0 Å². The van der Waals surface area contributed by atoms with Crippen molar-refractivity contribution in [3.05, 3.63) is 47.5 Å². The van der Waals surface area contributed by atoms with Crippen LogP contribution in [0.4, 0.5) is 0 Å². The van der Waals surface area contributed by atoms with Gasteiger partial charge < -0.3 is 5.11 Å². The molecular weight excluding hydrogens is 160 g/mol. The summed E-state index contributed by atoms with van der Waals surface area (Å²) in [5, 5.41) is 11.5. The van der Waals surface area contributed by atoms with Crippen molar-refractivity contribution in [2.24, 2.45) is 0 Å². The van der Waals surface area contributed by atoms with Gasteiger partial charge >= 0.3 is 0 Å². The monoisotopic (exact) mass is 172 g/mol. The van der Waals surface area contributed by atoms with Gasteiger partial charge in [-0.2, -0.15) is 0 Å². The normalized spacial score (nSPS) is 10.6. The van der Waals surface area contributed by atoms with Crippen molar-refractivity contribution in [3.8, 4) is 0 Å². The molecule has 0 aromatic heterocycles. The minimum atomic E-state index is 0.115. The molecule has 0 aliphatic rings. The van der Waals surface area contributed by atoms with E-state index >= 15 is 0 Å². The van der Waals surface area contributed by atoms with E-state index in [0.717, 1.165) is 5.56 Å². The van der Waals surface area contributed by atoms with Crippen LogP contribution in [-0.4, -0.2) is 5.11 Å². The molecule has 0 unspecified atom stereocenters. The van der Waals surface area contributed by atoms with Gasteiger partial charge in [-0.3, -0.25) is 0 Å². The van der Waals surface area contributed by atoms with E-state index in [1.807, 2.05) is 18.2 Å². The molecule has 0 amide bonds. The third-order valence-corrected chi connectivity index (χ3v) is 2.35. The average molecular weight is 172 g/mol. The van der Waals surface area contributed by atoms with Crippen molar-refractivity contribution in [1.82, 2.24) is 0 Å². The van der Waals surface area contributed by atoms with Gasteiger partial charge in [-0.05, 0) is 34.9 Å². The first-order valence-electron chi connectivity index (χ1n) is 4.40. The minimum Gasteiger partial charge on any atom is -0.392 e. The quantitative estimate of drug-likeness (QED) is 0.701. The van der Waals surface area contributed by atoms with Crippen molar-refractivity contribution in [2.45, 2.75) is 13.5 Å². The molecular formula is C12H12O. The van der Waals surface area contributed by atoms with Crippen LogP contribution in [0.3, 0.4) is 0 Å². The summed E-state index contributed by atoms with van der Waals surface area (Å²) in [5.74, 6) is 0. The summed E-state index contributed by atoms with van der Waals surface area (Å²) < 4.78 is 0. The predicted octanol–water partition coefficient (Wildman–Crippen LogP) is 2.64. The summed E-state index contributed by atoms with van der Waals surface area (Å²) in [6.07, 6.45) is 0. The van der Waals surface area contributed by atoms with Crippen molar-refractivity contribution in [3.63, 3.8) is 0 Å². The zero-order valence-electron chi connectivity index (χ0n) is 7.62. The number of aryl methyl sites for hydroxylation is 1. The number of aliphatic hydroxyl groups is 1. The Morgan fingerprint density at radius 1 is 1.15 bits per heavy atom. The predicted molar refractivity (Wildman–Crippen MR) is 54.6 cm³/mol. The van der Waals surface area contributed by atoms with E-state index in [0.29, 0.717) is 0 Å². The first kappa shape index (κ1) is 8.27. The van der Waals surface area contributed by atoms with Gasteiger partial charge in [-0.25, -0.2) is 0 Å². The van der Waals surface area contributed by atoms with E-state index in [2.05, 4.69) is 25.1 Å². The SMILES string of the molecule is Cc1cccc2ccc(CO)cc12. The molecule has 2 aromatic rings. The molecule has 0 aliphatic heterocycles. The van der Waals surface area contributed by atoms with E-state index < -0.39 is 0 Å². The van der Waals surface area contributed by atoms with Gasteiger partial charge in [0, 0.05) is 0 Å². The van der Waals surface area contributed by atoms with Gasteiger partial charge in [-0.1, -0.05) is 30.3 Å². The van der Waals surface area contributed by atoms with Crippen LogP contribution in [0.2, 0.25) is 0 Å². The maximum absolute atomic E-state index is 8.99. The molecule has 0 radical (unpaired) electrons. The molecule has 0 bridgehead atoms. The molecule has 66 valence electrons. The van der Waals surface area contributed by atoms with Crippen molar-refractivity contribution < 1.29 is 5.11 Å². The maximum atomic E-state index is 8.99. The molecule has 13 heavy (non-hydrogen) atoms. The minimum absolute atomic E-state index is 0.115. The second-order valence-electron chi connectivity index (χ2n) is 3.29. The van der Waals surface area contributed by atoms with Gasteiger partial charge in [0.25, 0.3) is 0 Å². The Morgan fingerprint density at radius 3 is 2.77 bits per heavy atom. The lowest BCUT2D eigenvalue weighted by Crippen LogP contribution is -1.84. The maximum Gasteiger partial charge on any atom is 0.0682 e. The summed E-state index contributed by atoms with van der Waals surface area (Å²) in [6.45, 7) is 2.20. The zero-order chi connectivity index (χ0) is 9.26. The van der Waals surface area contributed by atoms with Gasteiger partial charge in [0.1, 0.15) is 0 Å². The molecule has 0 spiro atoms. The Labute approximate surface area is 77.6 Å². The molecule has 2 aromatic carbocycles. The molecule has 1 nitrogen and oxygen atoms in total. The number of hydrogen-bond donors (Lipinski definition) is 1. The fraction of sp³-hybridized carbons (Fsp3) is 0.167. The highest BCUT2D eigenvalue weighted by Crippen LogP contribution is 2.19. The van der Waals surface area contributed by atoms with Crippen LogP contribution < -0.4 is 0 Å². The van der Waals surface area contributed by atoms with Gasteiger partial charge in [0.15, 0.2) is 0 Å². The van der Waals surface area contributed by atoms with Crippen LogP contribution in [0.1, 0.15) is 11.1 Å². The lowest BCUT2D eigenvalue weighted by atomic mass is 10.0. The summed E-state index contributed by atoms with van der Waals surface area (Å²) in [5.41, 5.74) is 2.23. The average Bonchev–Trinajstić information content (AvgIpc) is 2.18. The Balaban J connectivity index is 2.74. The highest BCUT2D eigenvalue weighted by atomic mass is 16.3. The highest BCUT2D eigenvalue weighted by Gasteiger charge is 1.97. The van der Waals surface area contributed by atoms with Crippen LogP contribution in [-0.2, 0) is 6.61 Å². The largest absolute Gasteiger partial charge is 0.392 e. The molecule has 0 saturated heterocycles. The Bertz CT molecular complexity index is 432. The van der Waals surface area contributed by atoms with Crippen LogP contribution in [0, 0.1) is 6.92 Å². The Hall–Kier alpha value is -1.34. The molecule has 1 N–H and O–H groups in total. The number of aliphatic hydroxyl groups excluding tert-OH is 1. The number of rotatable bonds is 1. The standard InChI is InChI=1S/C12H12O/c1-9-3-2-4-11-6-5-10(8-13)7-12(9)11/h2-7,13H,8H2,1H3. The number of fused-ring (bicyclic) bond motifs is 1. The van der Waals surface area contributed by atoms with E-state index in [1.54, 1.807) is 0 Å². The van der Waals surface area contributed by atoms with Crippen molar-refractivity contribution >= 4 is 10.8 Å². The Kier molecular flexibility index (Phi) is 2.03. The lowest BCUT2D eigenvalue weighted by molar-refractivity contribution is 0.282. The van der Waals surface area contributed by atoms with E-state index in [1.165, 1.54) is 16.3 Å². The van der Waals surface area contributed by atoms with Crippen LogP contribution in [0.25, 0.3) is 10.8 Å². The third kappa shape index (κ3) is 1.43. The number of hydrogen-bond acceptors (Lipinski definition) is 1. The summed E-state index contributed by atoms with van der Waals surface area (Å²) in [6, 6.07) is 12.3. The first-order chi connectivity index (χ1) is 6.31. The van der Waals surface area contributed by atoms with Crippen LogP contribution in [0.15, 0.2) is 36.4 Å². The summed E-state index contributed by atoms with van der Waals surface area (Å²) in [7, 11) is 0. The molecule has 1 heteroatoms. The van der Waals surface area contributed by atoms with E-state index in [4.69, 9.17) is 5.11 Å². The summed E-state index contributed by atoms with van der Waals surface area (Å²) >= 11 is 0.